The Morgan fingerprint density at radius 2 is 1.80 bits per heavy atom. The van der Waals surface area contributed by atoms with Crippen molar-refractivity contribution in [2.75, 3.05) is 0 Å². The summed E-state index contributed by atoms with van der Waals surface area (Å²) in [6, 6.07) is 1.60. The van der Waals surface area contributed by atoms with Gasteiger partial charge in [0.25, 0.3) is 0 Å². The van der Waals surface area contributed by atoms with Gasteiger partial charge in [0.15, 0.2) is 0 Å². The predicted octanol–water partition coefficient (Wildman–Crippen LogP) is 2.55. The maximum absolute atomic E-state index is 5.77. The van der Waals surface area contributed by atoms with Crippen molar-refractivity contribution >= 4 is 23.2 Å². The number of hydrogen-bond acceptors (Lipinski definition) is 4. The second-order valence-electron chi connectivity index (χ2n) is 2.84. The zero-order valence-corrected chi connectivity index (χ0v) is 9.29. The summed E-state index contributed by atoms with van der Waals surface area (Å²) in [7, 11) is 0. The van der Waals surface area contributed by atoms with E-state index in [1.165, 1.54) is 0 Å². The van der Waals surface area contributed by atoms with E-state index in [0.29, 0.717) is 11.4 Å². The molecule has 0 amide bonds. The first-order valence-electron chi connectivity index (χ1n) is 4.15. The fourth-order valence-corrected chi connectivity index (χ4v) is 1.58. The minimum Gasteiger partial charge on any atom is -0.258 e. The second kappa shape index (κ2) is 4.08. The summed E-state index contributed by atoms with van der Waals surface area (Å²) in [5.41, 5.74) is 2.00. The van der Waals surface area contributed by atoms with Crippen LogP contribution >= 0.6 is 23.2 Å². The molecule has 0 unspecified atom stereocenters. The Morgan fingerprint density at radius 3 is 2.47 bits per heavy atom. The quantitative estimate of drug-likeness (QED) is 0.568. The lowest BCUT2D eigenvalue weighted by molar-refractivity contribution is 1.09. The van der Waals surface area contributed by atoms with Gasteiger partial charge in [-0.15, -0.1) is 0 Å². The van der Waals surface area contributed by atoms with Gasteiger partial charge in [-0.1, -0.05) is 11.6 Å². The van der Waals surface area contributed by atoms with Crippen molar-refractivity contribution in [2.24, 2.45) is 0 Å². The maximum atomic E-state index is 5.77. The first kappa shape index (κ1) is 10.3. The number of halogens is 2. The molecular weight excluding hydrogens is 235 g/mol. The van der Waals surface area contributed by atoms with Gasteiger partial charge in [0.05, 0.1) is 11.4 Å². The van der Waals surface area contributed by atoms with Gasteiger partial charge in [-0.3, -0.25) is 9.97 Å². The number of rotatable bonds is 1. The topological polar surface area (TPSA) is 51.6 Å². The van der Waals surface area contributed by atoms with Crippen molar-refractivity contribution < 1.29 is 0 Å². The predicted molar refractivity (Wildman–Crippen MR) is 57.8 cm³/mol. The summed E-state index contributed by atoms with van der Waals surface area (Å²) in [5, 5.41) is 0.387. The van der Waals surface area contributed by atoms with Crippen molar-refractivity contribution in [1.82, 2.24) is 19.9 Å². The van der Waals surface area contributed by atoms with Crippen LogP contribution in [0.15, 0.2) is 18.5 Å². The molecule has 0 N–H and O–H groups in total. The molecule has 2 heterocycles. The Hall–Kier alpha value is -1.26. The monoisotopic (exact) mass is 240 g/mol. The molecule has 0 saturated heterocycles. The van der Waals surface area contributed by atoms with Crippen LogP contribution in [0.1, 0.15) is 5.69 Å². The zero-order chi connectivity index (χ0) is 10.8. The number of nitrogens with zero attached hydrogens (tertiary/aromatic N) is 4. The molecule has 0 saturated carbocycles. The van der Waals surface area contributed by atoms with E-state index in [1.807, 2.05) is 6.92 Å². The van der Waals surface area contributed by atoms with E-state index in [9.17, 15) is 0 Å². The van der Waals surface area contributed by atoms with Crippen molar-refractivity contribution in [3.63, 3.8) is 0 Å². The van der Waals surface area contributed by atoms with E-state index in [4.69, 9.17) is 23.2 Å². The van der Waals surface area contributed by atoms with Crippen LogP contribution in [0.25, 0.3) is 11.4 Å². The van der Waals surface area contributed by atoms with Crippen LogP contribution in [0.4, 0.5) is 0 Å². The third-order valence-corrected chi connectivity index (χ3v) is 2.15. The Labute approximate surface area is 96.3 Å². The highest BCUT2D eigenvalue weighted by Crippen LogP contribution is 2.20. The van der Waals surface area contributed by atoms with E-state index in [-0.39, 0.29) is 10.4 Å². The van der Waals surface area contributed by atoms with Crippen LogP contribution in [0, 0.1) is 6.92 Å². The Bertz CT molecular complexity index is 481. The summed E-state index contributed by atoms with van der Waals surface area (Å²) in [4.78, 5) is 16.1. The molecule has 0 aliphatic heterocycles. The summed E-state index contributed by atoms with van der Waals surface area (Å²) < 4.78 is 0. The van der Waals surface area contributed by atoms with Gasteiger partial charge in [-0.05, 0) is 18.5 Å². The molecule has 0 aliphatic rings. The molecule has 0 atom stereocenters. The molecule has 76 valence electrons. The van der Waals surface area contributed by atoms with Gasteiger partial charge in [0.1, 0.15) is 10.8 Å². The molecule has 2 aromatic heterocycles. The van der Waals surface area contributed by atoms with Crippen molar-refractivity contribution in [1.29, 1.82) is 0 Å². The molecule has 15 heavy (non-hydrogen) atoms. The largest absolute Gasteiger partial charge is 0.258 e. The molecule has 0 radical (unpaired) electrons. The zero-order valence-electron chi connectivity index (χ0n) is 7.78. The molecule has 0 fully saturated rings. The number of aryl methyl sites for hydroxylation is 1. The van der Waals surface area contributed by atoms with Crippen LogP contribution in [0.2, 0.25) is 10.4 Å². The Kier molecular flexibility index (Phi) is 2.79. The van der Waals surface area contributed by atoms with Crippen LogP contribution in [0.3, 0.4) is 0 Å². The van der Waals surface area contributed by atoms with Crippen LogP contribution in [-0.2, 0) is 0 Å². The minimum absolute atomic E-state index is 0.0996. The van der Waals surface area contributed by atoms with Gasteiger partial charge < -0.3 is 0 Å². The standard InChI is InChI=1S/C9H6Cl2N4/c1-5-8(13-3-2-12-5)6-4-7(10)15-9(11)14-6/h2-4H,1H3. The van der Waals surface area contributed by atoms with Gasteiger partial charge in [0, 0.05) is 18.5 Å². The molecule has 2 rings (SSSR count). The highest BCUT2D eigenvalue weighted by atomic mass is 35.5. The summed E-state index contributed by atoms with van der Waals surface area (Å²) in [6.07, 6.45) is 3.20. The van der Waals surface area contributed by atoms with Gasteiger partial charge in [0.2, 0.25) is 5.28 Å². The molecular formula is C9H6Cl2N4. The van der Waals surface area contributed by atoms with Gasteiger partial charge in [-0.2, -0.15) is 0 Å². The minimum atomic E-state index is 0.0996. The van der Waals surface area contributed by atoms with Gasteiger partial charge in [-0.25, -0.2) is 9.97 Å². The average Bonchev–Trinajstić information content (AvgIpc) is 2.16. The SMILES string of the molecule is Cc1nccnc1-c1cc(Cl)nc(Cl)n1. The highest BCUT2D eigenvalue weighted by Gasteiger charge is 2.08. The molecule has 0 aromatic carbocycles. The van der Waals surface area contributed by atoms with Crippen molar-refractivity contribution in [2.45, 2.75) is 6.92 Å². The molecule has 4 nitrogen and oxygen atoms in total. The molecule has 0 spiro atoms. The normalized spacial score (nSPS) is 10.3. The third kappa shape index (κ3) is 2.22. The smallest absolute Gasteiger partial charge is 0.224 e. The average molecular weight is 241 g/mol. The first-order chi connectivity index (χ1) is 7.16. The Balaban J connectivity index is 2.59. The molecule has 0 bridgehead atoms. The maximum Gasteiger partial charge on any atom is 0.224 e. The van der Waals surface area contributed by atoms with E-state index < -0.39 is 0 Å². The number of hydrogen-bond donors (Lipinski definition) is 0. The lowest BCUT2D eigenvalue weighted by Crippen LogP contribution is -1.95. The van der Waals surface area contributed by atoms with Crippen molar-refractivity contribution in [3.8, 4) is 11.4 Å². The lowest BCUT2D eigenvalue weighted by Gasteiger charge is -2.02. The van der Waals surface area contributed by atoms with Crippen molar-refractivity contribution in [3.05, 3.63) is 34.6 Å². The lowest BCUT2D eigenvalue weighted by atomic mass is 10.2. The first-order valence-corrected chi connectivity index (χ1v) is 4.90. The van der Waals surface area contributed by atoms with E-state index in [1.54, 1.807) is 18.5 Å². The molecule has 0 aliphatic carbocycles. The van der Waals surface area contributed by atoms with Crippen LogP contribution in [-0.4, -0.2) is 19.9 Å². The second-order valence-corrected chi connectivity index (χ2v) is 3.56. The molecule has 6 heteroatoms. The molecule has 2 aromatic rings. The fraction of sp³-hybridized carbons (Fsp3) is 0.111. The van der Waals surface area contributed by atoms with E-state index >= 15 is 0 Å². The summed E-state index contributed by atoms with van der Waals surface area (Å²) >= 11 is 11.5. The highest BCUT2D eigenvalue weighted by molar-refractivity contribution is 6.32. The Morgan fingerprint density at radius 1 is 1.07 bits per heavy atom. The summed E-state index contributed by atoms with van der Waals surface area (Å²) in [5.74, 6) is 0. The third-order valence-electron chi connectivity index (χ3n) is 1.79. The van der Waals surface area contributed by atoms with Gasteiger partial charge >= 0.3 is 0 Å². The van der Waals surface area contributed by atoms with Crippen LogP contribution < -0.4 is 0 Å². The number of aromatic nitrogens is 4. The van der Waals surface area contributed by atoms with E-state index in [0.717, 1.165) is 5.69 Å². The van der Waals surface area contributed by atoms with Crippen LogP contribution in [0.5, 0.6) is 0 Å². The fourth-order valence-electron chi connectivity index (χ4n) is 1.17. The summed E-state index contributed by atoms with van der Waals surface area (Å²) in [6.45, 7) is 1.84. The van der Waals surface area contributed by atoms with E-state index in [2.05, 4.69) is 19.9 Å².